The lowest BCUT2D eigenvalue weighted by molar-refractivity contribution is -0.124. The van der Waals surface area contributed by atoms with Gasteiger partial charge >= 0.3 is 0 Å². The number of halogens is 1. The van der Waals surface area contributed by atoms with Crippen molar-refractivity contribution in [2.24, 2.45) is 0 Å². The Bertz CT molecular complexity index is 431. The van der Waals surface area contributed by atoms with E-state index in [9.17, 15) is 4.79 Å². The molecule has 0 unspecified atom stereocenters. The van der Waals surface area contributed by atoms with Crippen molar-refractivity contribution in [1.82, 2.24) is 0 Å². The van der Waals surface area contributed by atoms with Crippen molar-refractivity contribution in [1.29, 1.82) is 0 Å². The fourth-order valence-corrected chi connectivity index (χ4v) is 2.32. The van der Waals surface area contributed by atoms with Crippen molar-refractivity contribution in [3.8, 4) is 0 Å². The Morgan fingerprint density at radius 1 is 1.50 bits per heavy atom. The SMILES string of the molecule is CCNc1ccc(Br)cc1NC(=O)[C@H]1CCCO1. The van der Waals surface area contributed by atoms with Crippen LogP contribution in [0.4, 0.5) is 11.4 Å². The number of hydrogen-bond donors (Lipinski definition) is 2. The van der Waals surface area contributed by atoms with Crippen LogP contribution < -0.4 is 10.6 Å². The quantitative estimate of drug-likeness (QED) is 0.898. The number of rotatable bonds is 4. The summed E-state index contributed by atoms with van der Waals surface area (Å²) in [4.78, 5) is 12.0. The Morgan fingerprint density at radius 3 is 3.00 bits per heavy atom. The van der Waals surface area contributed by atoms with Gasteiger partial charge in [-0.15, -0.1) is 0 Å². The molecular formula is C13H17BrN2O2. The zero-order chi connectivity index (χ0) is 13.0. The number of anilines is 2. The summed E-state index contributed by atoms with van der Waals surface area (Å²) in [5.41, 5.74) is 1.71. The summed E-state index contributed by atoms with van der Waals surface area (Å²) in [5.74, 6) is -0.0650. The fourth-order valence-electron chi connectivity index (χ4n) is 1.96. The maximum Gasteiger partial charge on any atom is 0.253 e. The van der Waals surface area contributed by atoms with Crippen LogP contribution in [0.5, 0.6) is 0 Å². The zero-order valence-electron chi connectivity index (χ0n) is 10.3. The van der Waals surface area contributed by atoms with Crippen LogP contribution in [0, 0.1) is 0 Å². The summed E-state index contributed by atoms with van der Waals surface area (Å²) < 4.78 is 6.31. The number of nitrogens with one attached hydrogen (secondary N) is 2. The average Bonchev–Trinajstić information content (AvgIpc) is 2.86. The second kappa shape index (κ2) is 6.20. The van der Waals surface area contributed by atoms with E-state index >= 15 is 0 Å². The lowest BCUT2D eigenvalue weighted by atomic mass is 10.2. The minimum Gasteiger partial charge on any atom is -0.384 e. The van der Waals surface area contributed by atoms with Crippen molar-refractivity contribution in [2.45, 2.75) is 25.9 Å². The van der Waals surface area contributed by atoms with Crippen LogP contribution in [-0.4, -0.2) is 25.2 Å². The summed E-state index contributed by atoms with van der Waals surface area (Å²) in [5, 5.41) is 6.14. The average molecular weight is 313 g/mol. The van der Waals surface area contributed by atoms with E-state index in [4.69, 9.17) is 4.74 Å². The highest BCUT2D eigenvalue weighted by Crippen LogP contribution is 2.27. The highest BCUT2D eigenvalue weighted by atomic mass is 79.9. The maximum atomic E-state index is 12.0. The van der Waals surface area contributed by atoms with Crippen molar-refractivity contribution < 1.29 is 9.53 Å². The molecule has 1 aromatic rings. The maximum absolute atomic E-state index is 12.0. The highest BCUT2D eigenvalue weighted by Gasteiger charge is 2.24. The van der Waals surface area contributed by atoms with Gasteiger partial charge in [0, 0.05) is 17.6 Å². The lowest BCUT2D eigenvalue weighted by Gasteiger charge is -2.15. The van der Waals surface area contributed by atoms with E-state index in [-0.39, 0.29) is 12.0 Å². The first kappa shape index (κ1) is 13.4. The van der Waals surface area contributed by atoms with E-state index in [1.807, 2.05) is 25.1 Å². The molecular weight excluding hydrogens is 296 g/mol. The smallest absolute Gasteiger partial charge is 0.253 e. The van der Waals surface area contributed by atoms with Gasteiger partial charge in [-0.25, -0.2) is 0 Å². The van der Waals surface area contributed by atoms with E-state index < -0.39 is 0 Å². The second-order valence-corrected chi connectivity index (χ2v) is 5.13. The second-order valence-electron chi connectivity index (χ2n) is 4.21. The van der Waals surface area contributed by atoms with Gasteiger partial charge in [-0.3, -0.25) is 4.79 Å². The molecule has 0 aliphatic carbocycles. The predicted octanol–water partition coefficient (Wildman–Crippen LogP) is 3.00. The molecule has 0 radical (unpaired) electrons. The third-order valence-electron chi connectivity index (χ3n) is 2.83. The summed E-state index contributed by atoms with van der Waals surface area (Å²) in [6.45, 7) is 3.51. The molecule has 1 atom stereocenters. The van der Waals surface area contributed by atoms with Gasteiger partial charge in [-0.05, 0) is 38.0 Å². The number of carbonyl (C=O) groups is 1. The minimum atomic E-state index is -0.307. The van der Waals surface area contributed by atoms with Crippen molar-refractivity contribution in [2.75, 3.05) is 23.8 Å². The zero-order valence-corrected chi connectivity index (χ0v) is 11.9. The minimum absolute atomic E-state index is 0.0650. The number of amides is 1. The molecule has 1 saturated heterocycles. The third-order valence-corrected chi connectivity index (χ3v) is 3.32. The number of ether oxygens (including phenoxy) is 1. The van der Waals surface area contributed by atoms with Crippen molar-refractivity contribution >= 4 is 33.2 Å². The van der Waals surface area contributed by atoms with E-state index in [0.29, 0.717) is 6.61 Å². The molecule has 1 amide bonds. The van der Waals surface area contributed by atoms with E-state index in [1.54, 1.807) is 0 Å². The fraction of sp³-hybridized carbons (Fsp3) is 0.462. The molecule has 0 saturated carbocycles. The molecule has 2 N–H and O–H groups in total. The molecule has 1 heterocycles. The summed E-state index contributed by atoms with van der Waals surface area (Å²) >= 11 is 3.41. The normalized spacial score (nSPS) is 18.7. The number of hydrogen-bond acceptors (Lipinski definition) is 3. The van der Waals surface area contributed by atoms with E-state index in [0.717, 1.165) is 35.2 Å². The third kappa shape index (κ3) is 3.23. The van der Waals surface area contributed by atoms with Gasteiger partial charge in [0.25, 0.3) is 5.91 Å². The van der Waals surface area contributed by atoms with E-state index in [1.165, 1.54) is 0 Å². The molecule has 1 aliphatic rings. The molecule has 0 bridgehead atoms. The van der Waals surface area contributed by atoms with Gasteiger partial charge in [-0.2, -0.15) is 0 Å². The van der Waals surface area contributed by atoms with Gasteiger partial charge in [0.15, 0.2) is 0 Å². The van der Waals surface area contributed by atoms with Gasteiger partial charge in [0.2, 0.25) is 0 Å². The summed E-state index contributed by atoms with van der Waals surface area (Å²) in [7, 11) is 0. The molecule has 2 rings (SSSR count). The first-order chi connectivity index (χ1) is 8.70. The molecule has 98 valence electrons. The molecule has 1 fully saturated rings. The Kier molecular flexibility index (Phi) is 4.60. The predicted molar refractivity (Wildman–Crippen MR) is 75.9 cm³/mol. The highest BCUT2D eigenvalue weighted by molar-refractivity contribution is 9.10. The first-order valence-electron chi connectivity index (χ1n) is 6.16. The molecule has 1 aliphatic heterocycles. The van der Waals surface area contributed by atoms with Gasteiger partial charge in [-0.1, -0.05) is 15.9 Å². The Labute approximate surface area is 115 Å². The molecule has 5 heteroatoms. The Hall–Kier alpha value is -1.07. The molecule has 0 aromatic heterocycles. The molecule has 18 heavy (non-hydrogen) atoms. The Morgan fingerprint density at radius 2 is 2.33 bits per heavy atom. The monoisotopic (exact) mass is 312 g/mol. The largest absolute Gasteiger partial charge is 0.384 e. The Balaban J connectivity index is 2.11. The van der Waals surface area contributed by atoms with Crippen LogP contribution in [0.3, 0.4) is 0 Å². The lowest BCUT2D eigenvalue weighted by Crippen LogP contribution is -2.27. The standard InChI is InChI=1S/C13H17BrN2O2/c1-2-15-10-6-5-9(14)8-11(10)16-13(17)12-4-3-7-18-12/h5-6,8,12,15H,2-4,7H2,1H3,(H,16,17)/t12-/m1/s1. The van der Waals surface area contributed by atoms with Crippen LogP contribution in [-0.2, 0) is 9.53 Å². The van der Waals surface area contributed by atoms with Crippen LogP contribution in [0.15, 0.2) is 22.7 Å². The van der Waals surface area contributed by atoms with Crippen molar-refractivity contribution in [3.63, 3.8) is 0 Å². The van der Waals surface area contributed by atoms with Gasteiger partial charge < -0.3 is 15.4 Å². The number of benzene rings is 1. The molecule has 1 aromatic carbocycles. The number of carbonyl (C=O) groups excluding carboxylic acids is 1. The van der Waals surface area contributed by atoms with Crippen LogP contribution in [0.1, 0.15) is 19.8 Å². The van der Waals surface area contributed by atoms with Crippen LogP contribution in [0.25, 0.3) is 0 Å². The van der Waals surface area contributed by atoms with Gasteiger partial charge in [0.05, 0.1) is 11.4 Å². The van der Waals surface area contributed by atoms with Crippen LogP contribution >= 0.6 is 15.9 Å². The van der Waals surface area contributed by atoms with Crippen molar-refractivity contribution in [3.05, 3.63) is 22.7 Å². The van der Waals surface area contributed by atoms with E-state index in [2.05, 4.69) is 26.6 Å². The molecule has 0 spiro atoms. The molecule has 4 nitrogen and oxygen atoms in total. The topological polar surface area (TPSA) is 50.4 Å². The van der Waals surface area contributed by atoms with Gasteiger partial charge in [0.1, 0.15) is 6.10 Å². The summed E-state index contributed by atoms with van der Waals surface area (Å²) in [6.07, 6.45) is 1.45. The summed E-state index contributed by atoms with van der Waals surface area (Å²) in [6, 6.07) is 5.78. The van der Waals surface area contributed by atoms with Crippen LogP contribution in [0.2, 0.25) is 0 Å². The first-order valence-corrected chi connectivity index (χ1v) is 6.96.